The number of alkyl halides is 3. The molecule has 0 unspecified atom stereocenters. The molecule has 160 valence electrons. The van der Waals surface area contributed by atoms with Crippen molar-refractivity contribution in [3.05, 3.63) is 23.9 Å². The first-order valence-corrected chi connectivity index (χ1v) is 10.0. The zero-order valence-corrected chi connectivity index (χ0v) is 16.3. The van der Waals surface area contributed by atoms with Gasteiger partial charge in [0.15, 0.2) is 0 Å². The monoisotopic (exact) mass is 412 g/mol. The van der Waals surface area contributed by atoms with Crippen molar-refractivity contribution in [1.82, 2.24) is 10.3 Å². The van der Waals surface area contributed by atoms with Gasteiger partial charge < -0.3 is 16.4 Å². The van der Waals surface area contributed by atoms with Crippen LogP contribution in [-0.4, -0.2) is 35.1 Å². The van der Waals surface area contributed by atoms with Crippen LogP contribution in [0.25, 0.3) is 0 Å². The van der Waals surface area contributed by atoms with E-state index in [1.807, 2.05) is 5.32 Å². The first-order chi connectivity index (χ1) is 13.6. The number of hydrogen-bond donors (Lipinski definition) is 3. The van der Waals surface area contributed by atoms with Crippen LogP contribution in [0, 0.1) is 17.8 Å². The summed E-state index contributed by atoms with van der Waals surface area (Å²) in [5.74, 6) is -0.606. The lowest BCUT2D eigenvalue weighted by molar-refractivity contribution is -0.154. The summed E-state index contributed by atoms with van der Waals surface area (Å²) >= 11 is 0. The van der Waals surface area contributed by atoms with Gasteiger partial charge in [-0.1, -0.05) is 19.8 Å². The first-order valence-electron chi connectivity index (χ1n) is 10.0. The van der Waals surface area contributed by atoms with Crippen LogP contribution >= 0.6 is 0 Å². The van der Waals surface area contributed by atoms with Crippen molar-refractivity contribution >= 4 is 17.6 Å². The van der Waals surface area contributed by atoms with Gasteiger partial charge in [0.1, 0.15) is 11.9 Å². The van der Waals surface area contributed by atoms with Gasteiger partial charge in [-0.15, -0.1) is 0 Å². The van der Waals surface area contributed by atoms with E-state index in [0.717, 1.165) is 25.7 Å². The Morgan fingerprint density at radius 1 is 1.34 bits per heavy atom. The quantitative estimate of drug-likeness (QED) is 0.693. The lowest BCUT2D eigenvalue weighted by atomic mass is 9.79. The highest BCUT2D eigenvalue weighted by molar-refractivity contribution is 5.94. The second-order valence-corrected chi connectivity index (χ2v) is 8.32. The maximum atomic E-state index is 12.8. The number of pyridine rings is 1. The van der Waals surface area contributed by atoms with Crippen molar-refractivity contribution in [3.63, 3.8) is 0 Å². The summed E-state index contributed by atoms with van der Waals surface area (Å²) in [5, 5.41) is 4.70. The third-order valence-corrected chi connectivity index (χ3v) is 6.03. The van der Waals surface area contributed by atoms with E-state index >= 15 is 0 Å². The predicted octanol–water partition coefficient (Wildman–Crippen LogP) is 2.78. The van der Waals surface area contributed by atoms with Crippen LogP contribution in [0.2, 0.25) is 0 Å². The number of rotatable bonds is 5. The molecule has 1 aliphatic heterocycles. The molecule has 1 saturated carbocycles. The van der Waals surface area contributed by atoms with Gasteiger partial charge in [-0.25, -0.2) is 4.98 Å². The van der Waals surface area contributed by atoms with Crippen molar-refractivity contribution in [3.8, 4) is 0 Å². The Morgan fingerprint density at radius 3 is 2.66 bits per heavy atom. The zero-order chi connectivity index (χ0) is 21.2. The van der Waals surface area contributed by atoms with E-state index in [2.05, 4.69) is 17.2 Å². The van der Waals surface area contributed by atoms with Gasteiger partial charge in [0.05, 0.1) is 6.04 Å². The minimum absolute atomic E-state index is 0.135. The summed E-state index contributed by atoms with van der Waals surface area (Å²) in [7, 11) is 0. The molecule has 2 heterocycles. The van der Waals surface area contributed by atoms with E-state index in [0.29, 0.717) is 11.5 Å². The summed E-state index contributed by atoms with van der Waals surface area (Å²) in [5.41, 5.74) is 6.77. The fraction of sp³-hybridized carbons (Fsp3) is 0.650. The molecule has 1 aromatic rings. The van der Waals surface area contributed by atoms with Gasteiger partial charge in [-0.3, -0.25) is 9.59 Å². The normalized spacial score (nSPS) is 28.7. The van der Waals surface area contributed by atoms with Gasteiger partial charge >= 0.3 is 6.18 Å². The summed E-state index contributed by atoms with van der Waals surface area (Å²) < 4.78 is 38.5. The minimum atomic E-state index is -4.45. The number of aromatic nitrogens is 1. The lowest BCUT2D eigenvalue weighted by Gasteiger charge is -2.29. The molecule has 3 rings (SSSR count). The van der Waals surface area contributed by atoms with Gasteiger partial charge in [0.2, 0.25) is 11.8 Å². The molecule has 1 aliphatic carbocycles. The molecular weight excluding hydrogens is 385 g/mol. The Kier molecular flexibility index (Phi) is 6.45. The highest BCUT2D eigenvalue weighted by Gasteiger charge is 2.47. The highest BCUT2D eigenvalue weighted by atomic mass is 19.4. The van der Waals surface area contributed by atoms with E-state index in [1.165, 1.54) is 6.20 Å². The fourth-order valence-corrected chi connectivity index (χ4v) is 4.15. The van der Waals surface area contributed by atoms with E-state index in [-0.39, 0.29) is 30.5 Å². The van der Waals surface area contributed by atoms with Gasteiger partial charge in [0, 0.05) is 12.1 Å². The molecule has 9 heteroatoms. The number of amides is 2. The minimum Gasteiger partial charge on any atom is -0.344 e. The molecule has 0 radical (unpaired) electrons. The average molecular weight is 412 g/mol. The maximum Gasteiger partial charge on any atom is 0.408 e. The number of halogens is 3. The summed E-state index contributed by atoms with van der Waals surface area (Å²) in [6.45, 7) is 2.19. The molecule has 0 spiro atoms. The molecular formula is C20H27F3N4O2. The molecule has 2 aliphatic rings. The molecule has 2 amide bonds. The average Bonchev–Trinajstić information content (AvgIpc) is 3.03. The van der Waals surface area contributed by atoms with Crippen molar-refractivity contribution in [2.45, 2.75) is 63.7 Å². The van der Waals surface area contributed by atoms with Crippen molar-refractivity contribution in [2.75, 3.05) is 5.32 Å². The number of carbonyl (C=O) groups excluding carboxylic acids is 2. The third kappa shape index (κ3) is 5.46. The van der Waals surface area contributed by atoms with E-state index < -0.39 is 30.1 Å². The predicted molar refractivity (Wildman–Crippen MR) is 102 cm³/mol. The van der Waals surface area contributed by atoms with Crippen LogP contribution in [0.15, 0.2) is 18.3 Å². The fourth-order valence-electron chi connectivity index (χ4n) is 4.15. The molecule has 0 bridgehead atoms. The number of nitrogens with one attached hydrogen (secondary N) is 2. The van der Waals surface area contributed by atoms with Crippen LogP contribution in [0.4, 0.5) is 19.0 Å². The Bertz CT molecular complexity index is 747. The van der Waals surface area contributed by atoms with Crippen LogP contribution in [-0.2, 0) is 16.0 Å². The molecule has 29 heavy (non-hydrogen) atoms. The summed E-state index contributed by atoms with van der Waals surface area (Å²) in [6.07, 6.45) is 0.819. The molecule has 6 nitrogen and oxygen atoms in total. The molecule has 1 saturated heterocycles. The number of nitrogens with two attached hydrogens (primary N) is 1. The number of hydrogen-bond acceptors (Lipinski definition) is 4. The van der Waals surface area contributed by atoms with Crippen LogP contribution < -0.4 is 16.4 Å². The Hall–Kier alpha value is -2.16. The Labute approximate surface area is 167 Å². The van der Waals surface area contributed by atoms with Crippen LogP contribution in [0.3, 0.4) is 0 Å². The zero-order valence-electron chi connectivity index (χ0n) is 16.3. The molecule has 0 aromatic carbocycles. The molecule has 3 atom stereocenters. The summed E-state index contributed by atoms with van der Waals surface area (Å²) in [4.78, 5) is 28.5. The Morgan fingerprint density at radius 2 is 2.03 bits per heavy atom. The topological polar surface area (TPSA) is 97.1 Å². The van der Waals surface area contributed by atoms with Crippen molar-refractivity contribution < 1.29 is 22.8 Å². The molecule has 4 N–H and O–H groups in total. The second kappa shape index (κ2) is 8.69. The number of nitrogens with zero attached hydrogens (tertiary/aromatic N) is 1. The second-order valence-electron chi connectivity index (χ2n) is 8.32. The standard InChI is InChI=1S/C20H27F3N4O2/c1-11-2-4-13(5-3-11)17(24)19(29)27-16-9-12(6-7-25-16)8-14-10-15(20(21,22)23)26-18(14)28/h6-7,9,11,13-15,17H,2-5,8,10,24H2,1H3,(H,26,28)(H,25,27,29)/t11?,13?,14-,15+,17+/m1/s1. The van der Waals surface area contributed by atoms with Gasteiger partial charge in [0.25, 0.3) is 0 Å². The summed E-state index contributed by atoms with van der Waals surface area (Å²) in [6, 6.07) is 0.784. The first kappa shape index (κ1) is 21.5. The third-order valence-electron chi connectivity index (χ3n) is 6.03. The van der Waals surface area contributed by atoms with E-state index in [4.69, 9.17) is 5.73 Å². The SMILES string of the molecule is CC1CCC([C@H](N)C(=O)Nc2cc(C[C@@H]3C[C@@H](C(F)(F)F)NC3=O)ccn2)CC1. The smallest absolute Gasteiger partial charge is 0.344 e. The molecule has 1 aromatic heterocycles. The Balaban J connectivity index is 1.58. The van der Waals surface area contributed by atoms with Crippen molar-refractivity contribution in [1.29, 1.82) is 0 Å². The highest BCUT2D eigenvalue weighted by Crippen LogP contribution is 2.32. The number of anilines is 1. The van der Waals surface area contributed by atoms with E-state index in [9.17, 15) is 22.8 Å². The van der Waals surface area contributed by atoms with E-state index in [1.54, 1.807) is 12.1 Å². The van der Waals surface area contributed by atoms with Crippen LogP contribution in [0.5, 0.6) is 0 Å². The largest absolute Gasteiger partial charge is 0.408 e. The van der Waals surface area contributed by atoms with Gasteiger partial charge in [-0.05, 0) is 55.2 Å². The number of carbonyl (C=O) groups is 2. The van der Waals surface area contributed by atoms with Crippen molar-refractivity contribution in [2.24, 2.45) is 23.5 Å². The molecule has 2 fully saturated rings. The maximum absolute atomic E-state index is 12.8. The van der Waals surface area contributed by atoms with Gasteiger partial charge in [-0.2, -0.15) is 13.2 Å². The lowest BCUT2D eigenvalue weighted by Crippen LogP contribution is -2.43. The van der Waals surface area contributed by atoms with Crippen LogP contribution in [0.1, 0.15) is 44.6 Å².